The van der Waals surface area contributed by atoms with Crippen LogP contribution in [0.25, 0.3) is 22.6 Å². The van der Waals surface area contributed by atoms with E-state index < -0.39 is 0 Å². The van der Waals surface area contributed by atoms with Crippen molar-refractivity contribution in [3.8, 4) is 57.1 Å². The smallest absolute Gasteiger partial charge is 0.203 e. The number of hydrogen-bond acceptors (Lipinski definition) is 8. The summed E-state index contributed by atoms with van der Waals surface area (Å²) in [6.07, 6.45) is 0. The van der Waals surface area contributed by atoms with Gasteiger partial charge >= 0.3 is 0 Å². The molecular weight excluding hydrogens is 378 g/mol. The van der Waals surface area contributed by atoms with Crippen LogP contribution in [0.2, 0.25) is 0 Å². The molecule has 29 heavy (non-hydrogen) atoms. The molecule has 0 aliphatic heterocycles. The van der Waals surface area contributed by atoms with E-state index in [1.807, 2.05) is 0 Å². The van der Waals surface area contributed by atoms with Crippen LogP contribution in [0.5, 0.6) is 34.5 Å². The number of hydrogen-bond donors (Lipinski definition) is 0. The lowest BCUT2D eigenvalue weighted by atomic mass is 10.1. The summed E-state index contributed by atoms with van der Waals surface area (Å²) >= 11 is 0. The molecule has 0 aliphatic carbocycles. The number of rotatable bonds is 8. The first-order valence-electron chi connectivity index (χ1n) is 8.67. The second-order valence-electron chi connectivity index (χ2n) is 5.90. The standard InChI is InChI=1S/C21H23NO7/c1-23-15-11-18(25-3)17(24-2)9-13(15)16-10-14(22-29-16)12-7-19(26-4)21(28-6)20(8-12)27-5/h7-11H,1-6H3. The molecule has 154 valence electrons. The third-order valence-electron chi connectivity index (χ3n) is 4.44. The van der Waals surface area contributed by atoms with Crippen LogP contribution in [-0.2, 0) is 0 Å². The van der Waals surface area contributed by atoms with Crippen LogP contribution in [0.4, 0.5) is 0 Å². The van der Waals surface area contributed by atoms with Crippen LogP contribution in [0.3, 0.4) is 0 Å². The van der Waals surface area contributed by atoms with E-state index in [1.165, 1.54) is 0 Å². The number of methoxy groups -OCH3 is 6. The first-order chi connectivity index (χ1) is 14.1. The SMILES string of the molecule is COc1cc(OC)c(-c2cc(-c3cc(OC)c(OC)c(OC)c3)no2)cc1OC. The molecule has 0 saturated heterocycles. The zero-order valence-corrected chi connectivity index (χ0v) is 17.2. The Kier molecular flexibility index (Phi) is 6.01. The van der Waals surface area contributed by atoms with Crippen molar-refractivity contribution in [3.05, 3.63) is 30.3 Å². The average molecular weight is 401 g/mol. The Morgan fingerprint density at radius 1 is 0.586 bits per heavy atom. The van der Waals surface area contributed by atoms with Crippen molar-refractivity contribution >= 4 is 0 Å². The highest BCUT2D eigenvalue weighted by molar-refractivity contribution is 5.75. The molecule has 0 N–H and O–H groups in total. The Labute approximate surface area is 168 Å². The van der Waals surface area contributed by atoms with Crippen LogP contribution >= 0.6 is 0 Å². The van der Waals surface area contributed by atoms with Crippen LogP contribution in [0.15, 0.2) is 34.9 Å². The third-order valence-corrected chi connectivity index (χ3v) is 4.44. The predicted octanol–water partition coefficient (Wildman–Crippen LogP) is 4.06. The molecule has 0 saturated carbocycles. The molecule has 3 aromatic rings. The van der Waals surface area contributed by atoms with Crippen LogP contribution in [-0.4, -0.2) is 47.8 Å². The first-order valence-corrected chi connectivity index (χ1v) is 8.67. The summed E-state index contributed by atoms with van der Waals surface area (Å²) in [5.74, 6) is 3.72. The second kappa shape index (κ2) is 8.64. The van der Waals surface area contributed by atoms with Crippen molar-refractivity contribution in [2.75, 3.05) is 42.7 Å². The van der Waals surface area contributed by atoms with E-state index >= 15 is 0 Å². The van der Waals surface area contributed by atoms with Gasteiger partial charge in [-0.05, 0) is 18.2 Å². The number of aromatic nitrogens is 1. The summed E-state index contributed by atoms with van der Waals surface area (Å²) in [6, 6.07) is 8.90. The molecule has 0 radical (unpaired) electrons. The van der Waals surface area contributed by atoms with Gasteiger partial charge in [0.1, 0.15) is 11.4 Å². The first kappa shape index (κ1) is 20.2. The molecule has 0 atom stereocenters. The fourth-order valence-electron chi connectivity index (χ4n) is 2.99. The van der Waals surface area contributed by atoms with Gasteiger partial charge in [-0.25, -0.2) is 0 Å². The molecule has 0 bridgehead atoms. The van der Waals surface area contributed by atoms with Gasteiger partial charge in [0.25, 0.3) is 0 Å². The molecule has 8 heteroatoms. The van der Waals surface area contributed by atoms with Crippen molar-refractivity contribution in [2.45, 2.75) is 0 Å². The predicted molar refractivity (Wildman–Crippen MR) is 107 cm³/mol. The zero-order valence-electron chi connectivity index (χ0n) is 17.2. The van der Waals surface area contributed by atoms with Gasteiger partial charge in [-0.1, -0.05) is 5.16 Å². The van der Waals surface area contributed by atoms with E-state index in [2.05, 4.69) is 5.16 Å². The fraction of sp³-hybridized carbons (Fsp3) is 0.286. The fourth-order valence-corrected chi connectivity index (χ4v) is 2.99. The summed E-state index contributed by atoms with van der Waals surface area (Å²) in [4.78, 5) is 0. The van der Waals surface area contributed by atoms with Gasteiger partial charge in [0.05, 0.1) is 48.2 Å². The maximum Gasteiger partial charge on any atom is 0.203 e. The highest BCUT2D eigenvalue weighted by atomic mass is 16.5. The summed E-state index contributed by atoms with van der Waals surface area (Å²) in [5.41, 5.74) is 2.02. The van der Waals surface area contributed by atoms with E-state index in [-0.39, 0.29) is 0 Å². The number of nitrogens with zero attached hydrogens (tertiary/aromatic N) is 1. The van der Waals surface area contributed by atoms with Crippen molar-refractivity contribution in [1.82, 2.24) is 5.16 Å². The highest BCUT2D eigenvalue weighted by Gasteiger charge is 2.20. The van der Waals surface area contributed by atoms with Gasteiger partial charge in [-0.2, -0.15) is 0 Å². The molecule has 0 fully saturated rings. The minimum atomic E-state index is 0.504. The van der Waals surface area contributed by atoms with Gasteiger partial charge in [-0.3, -0.25) is 0 Å². The van der Waals surface area contributed by atoms with Crippen molar-refractivity contribution in [2.24, 2.45) is 0 Å². The monoisotopic (exact) mass is 401 g/mol. The molecule has 8 nitrogen and oxygen atoms in total. The Bertz CT molecular complexity index is 972. The minimum Gasteiger partial charge on any atom is -0.496 e. The Balaban J connectivity index is 2.09. The van der Waals surface area contributed by atoms with E-state index in [0.29, 0.717) is 51.5 Å². The Morgan fingerprint density at radius 3 is 1.66 bits per heavy atom. The van der Waals surface area contributed by atoms with E-state index in [4.69, 9.17) is 32.9 Å². The normalized spacial score (nSPS) is 10.4. The summed E-state index contributed by atoms with van der Waals surface area (Å²) in [7, 11) is 9.37. The molecule has 3 rings (SSSR count). The van der Waals surface area contributed by atoms with Crippen molar-refractivity contribution in [3.63, 3.8) is 0 Å². The van der Waals surface area contributed by atoms with Gasteiger partial charge in [0, 0.05) is 17.7 Å². The molecule has 0 unspecified atom stereocenters. The number of ether oxygens (including phenoxy) is 6. The third kappa shape index (κ3) is 3.73. The van der Waals surface area contributed by atoms with E-state index in [0.717, 1.165) is 5.56 Å². The maximum absolute atomic E-state index is 5.58. The van der Waals surface area contributed by atoms with Crippen molar-refractivity contribution < 1.29 is 32.9 Å². The highest BCUT2D eigenvalue weighted by Crippen LogP contribution is 2.43. The van der Waals surface area contributed by atoms with Crippen LogP contribution in [0.1, 0.15) is 0 Å². The molecule has 1 aromatic heterocycles. The molecule has 0 aliphatic rings. The Hall–Kier alpha value is -3.55. The molecule has 0 spiro atoms. The van der Waals surface area contributed by atoms with Crippen LogP contribution < -0.4 is 28.4 Å². The molecule has 1 heterocycles. The quantitative estimate of drug-likeness (QED) is 0.559. The topological polar surface area (TPSA) is 81.4 Å². The largest absolute Gasteiger partial charge is 0.496 e. The molecular formula is C21H23NO7. The summed E-state index contributed by atoms with van der Waals surface area (Å²) in [5, 5.41) is 4.19. The maximum atomic E-state index is 5.58. The second-order valence-corrected chi connectivity index (χ2v) is 5.90. The summed E-state index contributed by atoms with van der Waals surface area (Å²) < 4.78 is 38.0. The van der Waals surface area contributed by atoms with Crippen molar-refractivity contribution in [1.29, 1.82) is 0 Å². The van der Waals surface area contributed by atoms with Gasteiger partial charge in [0.15, 0.2) is 28.8 Å². The lowest BCUT2D eigenvalue weighted by molar-refractivity contribution is 0.324. The molecule has 0 amide bonds. The van der Waals surface area contributed by atoms with E-state index in [9.17, 15) is 0 Å². The summed E-state index contributed by atoms with van der Waals surface area (Å²) in [6.45, 7) is 0. The zero-order chi connectivity index (χ0) is 21.0. The van der Waals surface area contributed by atoms with E-state index in [1.54, 1.807) is 73.0 Å². The van der Waals surface area contributed by atoms with Gasteiger partial charge in [-0.15, -0.1) is 0 Å². The minimum absolute atomic E-state index is 0.504. The van der Waals surface area contributed by atoms with Gasteiger partial charge < -0.3 is 32.9 Å². The average Bonchev–Trinajstić information content (AvgIpc) is 3.26. The molecule has 2 aromatic carbocycles. The number of benzene rings is 2. The Morgan fingerprint density at radius 2 is 1.14 bits per heavy atom. The lowest BCUT2D eigenvalue weighted by Gasteiger charge is -2.13. The lowest BCUT2D eigenvalue weighted by Crippen LogP contribution is -1.95. The van der Waals surface area contributed by atoms with Gasteiger partial charge in [0.2, 0.25) is 5.75 Å². The van der Waals surface area contributed by atoms with Crippen LogP contribution in [0, 0.1) is 0 Å².